The van der Waals surface area contributed by atoms with Crippen molar-refractivity contribution in [2.75, 3.05) is 11.9 Å². The molecule has 1 heterocycles. The highest BCUT2D eigenvalue weighted by atomic mass is 32.1. The van der Waals surface area contributed by atoms with Crippen molar-refractivity contribution >= 4 is 32.6 Å². The summed E-state index contributed by atoms with van der Waals surface area (Å²) in [4.78, 5) is 15.9. The molecule has 3 rings (SSSR count). The molecule has 1 aromatic heterocycles. The van der Waals surface area contributed by atoms with Crippen LogP contribution in [0.5, 0.6) is 5.75 Å². The van der Waals surface area contributed by atoms with Gasteiger partial charge in [0, 0.05) is 6.07 Å². The maximum absolute atomic E-state index is 13.6. The molecule has 0 saturated carbocycles. The first kappa shape index (κ1) is 16.3. The molecule has 1 N–H and O–H groups in total. The van der Waals surface area contributed by atoms with E-state index in [2.05, 4.69) is 10.3 Å². The minimum absolute atomic E-state index is 0.0341. The zero-order valence-corrected chi connectivity index (χ0v) is 13.8. The van der Waals surface area contributed by atoms with E-state index in [9.17, 15) is 13.6 Å². The maximum Gasteiger partial charge on any atom is 0.264 e. The van der Waals surface area contributed by atoms with Crippen LogP contribution in [-0.2, 0) is 4.79 Å². The second-order valence-electron chi connectivity index (χ2n) is 5.34. The largest absolute Gasteiger partial charge is 0.484 e. The Balaban J connectivity index is 1.66. The third-order valence-corrected chi connectivity index (χ3v) is 4.43. The fourth-order valence-corrected chi connectivity index (χ4v) is 3.04. The molecular weight excluding hydrogens is 334 g/mol. The average Bonchev–Trinajstić information content (AvgIpc) is 2.91. The van der Waals surface area contributed by atoms with E-state index in [0.29, 0.717) is 10.4 Å². The molecule has 0 aliphatic heterocycles. The zero-order valence-electron chi connectivity index (χ0n) is 13.0. The monoisotopic (exact) mass is 348 g/mol. The van der Waals surface area contributed by atoms with Gasteiger partial charge in [-0.05, 0) is 43.2 Å². The van der Waals surface area contributed by atoms with E-state index >= 15 is 0 Å². The Morgan fingerprint density at radius 1 is 1.21 bits per heavy atom. The number of halogens is 2. The van der Waals surface area contributed by atoms with Crippen LogP contribution in [0, 0.1) is 25.5 Å². The lowest BCUT2D eigenvalue weighted by Gasteiger charge is -2.07. The van der Waals surface area contributed by atoms with Crippen LogP contribution in [0.2, 0.25) is 0 Å². The molecule has 0 atom stereocenters. The van der Waals surface area contributed by atoms with Crippen LogP contribution in [0.25, 0.3) is 10.2 Å². The van der Waals surface area contributed by atoms with Crippen molar-refractivity contribution in [1.82, 2.24) is 4.98 Å². The maximum atomic E-state index is 13.6. The molecule has 0 radical (unpaired) electrons. The van der Waals surface area contributed by atoms with Gasteiger partial charge in [0.15, 0.2) is 17.6 Å². The van der Waals surface area contributed by atoms with E-state index in [1.165, 1.54) is 6.07 Å². The highest BCUT2D eigenvalue weighted by Crippen LogP contribution is 2.28. The number of fused-ring (bicyclic) bond motifs is 1. The summed E-state index contributed by atoms with van der Waals surface area (Å²) in [7, 11) is 0. The number of hydrogen-bond acceptors (Lipinski definition) is 4. The zero-order chi connectivity index (χ0) is 17.3. The number of amides is 1. The van der Waals surface area contributed by atoms with Crippen molar-refractivity contribution in [3.05, 3.63) is 53.1 Å². The molecule has 0 unspecified atom stereocenters. The minimum Gasteiger partial charge on any atom is -0.484 e. The number of carbonyl (C=O) groups is 1. The summed E-state index contributed by atoms with van der Waals surface area (Å²) in [5, 5.41) is 2.73. The van der Waals surface area contributed by atoms with E-state index < -0.39 is 17.5 Å². The normalized spacial score (nSPS) is 10.8. The van der Waals surface area contributed by atoms with Crippen LogP contribution in [-0.4, -0.2) is 17.5 Å². The molecule has 124 valence electrons. The van der Waals surface area contributed by atoms with Crippen LogP contribution >= 0.6 is 11.3 Å². The van der Waals surface area contributed by atoms with Crippen LogP contribution in [0.3, 0.4) is 0 Å². The van der Waals surface area contributed by atoms with Gasteiger partial charge in [-0.2, -0.15) is 0 Å². The van der Waals surface area contributed by atoms with Crippen molar-refractivity contribution < 1.29 is 18.3 Å². The first-order valence-electron chi connectivity index (χ1n) is 7.18. The number of aryl methyl sites for hydroxylation is 2. The number of anilines is 1. The molecule has 0 saturated heterocycles. The summed E-state index contributed by atoms with van der Waals surface area (Å²) in [6.07, 6.45) is 0. The predicted octanol–water partition coefficient (Wildman–Crippen LogP) is 4.21. The Kier molecular flexibility index (Phi) is 4.44. The van der Waals surface area contributed by atoms with E-state index in [0.717, 1.165) is 28.5 Å². The Labute approximate surface area is 141 Å². The number of hydrogen-bond donors (Lipinski definition) is 1. The fourth-order valence-electron chi connectivity index (χ4n) is 2.12. The van der Waals surface area contributed by atoms with Crippen molar-refractivity contribution in [3.8, 4) is 5.75 Å². The van der Waals surface area contributed by atoms with Crippen LogP contribution in [0.15, 0.2) is 30.3 Å². The lowest BCUT2D eigenvalue weighted by molar-refractivity contribution is -0.118. The lowest BCUT2D eigenvalue weighted by atomic mass is 10.1. The number of thiazole rings is 1. The van der Waals surface area contributed by atoms with Gasteiger partial charge in [0.25, 0.3) is 5.91 Å². The van der Waals surface area contributed by atoms with Gasteiger partial charge in [-0.3, -0.25) is 10.1 Å². The van der Waals surface area contributed by atoms with Crippen molar-refractivity contribution in [2.24, 2.45) is 0 Å². The smallest absolute Gasteiger partial charge is 0.264 e. The highest BCUT2D eigenvalue weighted by molar-refractivity contribution is 7.22. The quantitative estimate of drug-likeness (QED) is 0.768. The summed E-state index contributed by atoms with van der Waals surface area (Å²) >= 11 is 1.00. The standard InChI is InChI=1S/C17H14F2N2O2S/c1-9-3-4-12(5-10(9)2)23-8-15(22)20-17-21-16-13(19)6-11(18)7-14(16)24-17/h3-7H,8H2,1-2H3,(H,20,21,22). The topological polar surface area (TPSA) is 51.2 Å². The SMILES string of the molecule is Cc1ccc(OCC(=O)Nc2nc3c(F)cc(F)cc3s2)cc1C. The van der Waals surface area contributed by atoms with Gasteiger partial charge in [-0.15, -0.1) is 0 Å². The summed E-state index contributed by atoms with van der Waals surface area (Å²) in [5.74, 6) is -1.27. The van der Waals surface area contributed by atoms with Crippen LogP contribution in [0.1, 0.15) is 11.1 Å². The molecule has 7 heteroatoms. The number of ether oxygens (including phenoxy) is 1. The third-order valence-electron chi connectivity index (χ3n) is 3.51. The van der Waals surface area contributed by atoms with Gasteiger partial charge in [0.05, 0.1) is 4.70 Å². The van der Waals surface area contributed by atoms with Gasteiger partial charge < -0.3 is 4.74 Å². The highest BCUT2D eigenvalue weighted by Gasteiger charge is 2.13. The summed E-state index contributed by atoms with van der Waals surface area (Å²) in [6.45, 7) is 3.74. The number of carbonyl (C=O) groups excluding carboxylic acids is 1. The second kappa shape index (κ2) is 6.52. The first-order chi connectivity index (χ1) is 11.4. The Morgan fingerprint density at radius 3 is 2.75 bits per heavy atom. The van der Waals surface area contributed by atoms with Crippen LogP contribution in [0.4, 0.5) is 13.9 Å². The molecule has 3 aromatic rings. The van der Waals surface area contributed by atoms with Gasteiger partial charge in [0.2, 0.25) is 0 Å². The third kappa shape index (κ3) is 3.51. The Hall–Kier alpha value is -2.54. The number of rotatable bonds is 4. The molecule has 24 heavy (non-hydrogen) atoms. The molecule has 0 spiro atoms. The molecule has 4 nitrogen and oxygen atoms in total. The van der Waals surface area contributed by atoms with Crippen molar-refractivity contribution in [2.45, 2.75) is 13.8 Å². The van der Waals surface area contributed by atoms with E-state index in [1.54, 1.807) is 6.07 Å². The molecule has 1 amide bonds. The van der Waals surface area contributed by atoms with Gasteiger partial charge in [-0.1, -0.05) is 17.4 Å². The van der Waals surface area contributed by atoms with Crippen molar-refractivity contribution in [3.63, 3.8) is 0 Å². The van der Waals surface area contributed by atoms with Crippen molar-refractivity contribution in [1.29, 1.82) is 0 Å². The molecule has 0 fully saturated rings. The number of benzene rings is 2. The minimum atomic E-state index is -0.756. The lowest BCUT2D eigenvalue weighted by Crippen LogP contribution is -2.20. The summed E-state index contributed by atoms with van der Waals surface area (Å²) in [5.41, 5.74) is 2.24. The summed E-state index contributed by atoms with van der Waals surface area (Å²) < 4.78 is 32.5. The molecule has 0 bridgehead atoms. The van der Waals surface area contributed by atoms with Crippen LogP contribution < -0.4 is 10.1 Å². The molecule has 0 aliphatic carbocycles. The molecule has 0 aliphatic rings. The van der Waals surface area contributed by atoms with E-state index in [-0.39, 0.29) is 17.3 Å². The fraction of sp³-hybridized carbons (Fsp3) is 0.176. The van der Waals surface area contributed by atoms with E-state index in [1.807, 2.05) is 26.0 Å². The predicted molar refractivity (Wildman–Crippen MR) is 89.6 cm³/mol. The van der Waals surface area contributed by atoms with E-state index in [4.69, 9.17) is 4.74 Å². The van der Waals surface area contributed by atoms with Gasteiger partial charge in [0.1, 0.15) is 17.1 Å². The Bertz CT molecular complexity index is 924. The number of nitrogens with one attached hydrogen (secondary N) is 1. The molecular formula is C17H14F2N2O2S. The molecule has 2 aromatic carbocycles. The number of nitrogens with zero attached hydrogens (tertiary/aromatic N) is 1. The second-order valence-corrected chi connectivity index (χ2v) is 6.37. The average molecular weight is 348 g/mol. The van der Waals surface area contributed by atoms with Gasteiger partial charge in [-0.25, -0.2) is 13.8 Å². The summed E-state index contributed by atoms with van der Waals surface area (Å²) in [6, 6.07) is 7.48. The number of aromatic nitrogens is 1. The first-order valence-corrected chi connectivity index (χ1v) is 7.99. The Morgan fingerprint density at radius 2 is 2.00 bits per heavy atom. The van der Waals surface area contributed by atoms with Gasteiger partial charge >= 0.3 is 0 Å².